The number of benzene rings is 2. The predicted octanol–water partition coefficient (Wildman–Crippen LogP) is 3.91. The summed E-state index contributed by atoms with van der Waals surface area (Å²) >= 11 is 6.16. The number of nitrogens with zero attached hydrogens (tertiary/aromatic N) is 3. The van der Waals surface area contributed by atoms with Crippen molar-refractivity contribution < 1.29 is 9.32 Å². The van der Waals surface area contributed by atoms with Gasteiger partial charge in [-0.2, -0.15) is 4.98 Å². The number of hydrogen-bond acceptors (Lipinski definition) is 4. The van der Waals surface area contributed by atoms with E-state index < -0.39 is 0 Å². The molecule has 0 radical (unpaired) electrons. The van der Waals surface area contributed by atoms with Crippen molar-refractivity contribution in [3.05, 3.63) is 65.4 Å². The van der Waals surface area contributed by atoms with Crippen LogP contribution in [0.2, 0.25) is 5.02 Å². The van der Waals surface area contributed by atoms with Crippen molar-refractivity contribution in [3.63, 3.8) is 0 Å². The fraction of sp³-hybridized carbons (Fsp3) is 0.167. The summed E-state index contributed by atoms with van der Waals surface area (Å²) in [5.41, 5.74) is 1.59. The molecule has 2 aromatic carbocycles. The Kier molecular flexibility index (Phi) is 3.78. The number of aromatic nitrogens is 2. The lowest BCUT2D eigenvalue weighted by Gasteiger charge is -2.15. The summed E-state index contributed by atoms with van der Waals surface area (Å²) in [6.07, 6.45) is 0.371. The van der Waals surface area contributed by atoms with Crippen molar-refractivity contribution >= 4 is 23.2 Å². The van der Waals surface area contributed by atoms with Gasteiger partial charge in [-0.25, -0.2) is 0 Å². The molecule has 2 heterocycles. The summed E-state index contributed by atoms with van der Waals surface area (Å²) in [6, 6.07) is 16.9. The minimum absolute atomic E-state index is 0.0651. The van der Waals surface area contributed by atoms with E-state index >= 15 is 0 Å². The molecule has 1 amide bonds. The molecule has 0 aliphatic carbocycles. The van der Waals surface area contributed by atoms with Crippen LogP contribution in [-0.2, 0) is 4.79 Å². The molecule has 0 bridgehead atoms. The van der Waals surface area contributed by atoms with Gasteiger partial charge in [-0.1, -0.05) is 47.1 Å². The second-order valence-electron chi connectivity index (χ2n) is 5.68. The molecule has 0 saturated carbocycles. The first-order chi connectivity index (χ1) is 11.7. The van der Waals surface area contributed by atoms with Crippen LogP contribution in [0.25, 0.3) is 11.5 Å². The fourth-order valence-corrected chi connectivity index (χ4v) is 3.10. The lowest BCUT2D eigenvalue weighted by Crippen LogP contribution is -2.24. The predicted molar refractivity (Wildman–Crippen MR) is 90.9 cm³/mol. The van der Waals surface area contributed by atoms with Crippen molar-refractivity contribution in [3.8, 4) is 11.5 Å². The van der Waals surface area contributed by atoms with Crippen molar-refractivity contribution in [2.75, 3.05) is 11.4 Å². The molecule has 1 atom stereocenters. The lowest BCUT2D eigenvalue weighted by molar-refractivity contribution is -0.117. The van der Waals surface area contributed by atoms with Crippen LogP contribution in [0.3, 0.4) is 0 Å². The van der Waals surface area contributed by atoms with E-state index in [1.807, 2.05) is 48.5 Å². The standard InChI is InChI=1S/C18H14ClN3O2/c19-15-9-5-4-8-14(15)18-20-17(21-24-18)12-10-16(23)22(11-12)13-6-2-1-3-7-13/h1-9,12H,10-11H2/t12-/m0/s1. The SMILES string of the molecule is O=C1C[C@H](c2noc(-c3ccccc3Cl)n2)CN1c1ccccc1. The van der Waals surface area contributed by atoms with Crippen molar-refractivity contribution in [1.82, 2.24) is 10.1 Å². The first kappa shape index (κ1) is 14.9. The van der Waals surface area contributed by atoms with Gasteiger partial charge in [0.25, 0.3) is 5.89 Å². The molecule has 3 aromatic rings. The van der Waals surface area contributed by atoms with Gasteiger partial charge in [0, 0.05) is 24.6 Å². The second-order valence-corrected chi connectivity index (χ2v) is 6.09. The maximum Gasteiger partial charge on any atom is 0.259 e. The van der Waals surface area contributed by atoms with E-state index in [1.165, 1.54) is 0 Å². The Bertz CT molecular complexity index is 879. The van der Waals surface area contributed by atoms with E-state index in [1.54, 1.807) is 11.0 Å². The van der Waals surface area contributed by atoms with Crippen LogP contribution < -0.4 is 4.90 Å². The summed E-state index contributed by atoms with van der Waals surface area (Å²) in [6.45, 7) is 0.546. The van der Waals surface area contributed by atoms with Gasteiger partial charge >= 0.3 is 0 Å². The molecule has 1 fully saturated rings. The Morgan fingerprint density at radius 1 is 1.08 bits per heavy atom. The molecule has 1 saturated heterocycles. The molecule has 1 aliphatic rings. The zero-order chi connectivity index (χ0) is 16.5. The highest BCUT2D eigenvalue weighted by Gasteiger charge is 2.34. The molecule has 120 valence electrons. The topological polar surface area (TPSA) is 59.2 Å². The number of para-hydroxylation sites is 1. The minimum atomic E-state index is -0.0855. The highest BCUT2D eigenvalue weighted by molar-refractivity contribution is 6.33. The largest absolute Gasteiger partial charge is 0.334 e. The van der Waals surface area contributed by atoms with E-state index in [-0.39, 0.29) is 11.8 Å². The van der Waals surface area contributed by atoms with Crippen molar-refractivity contribution in [2.45, 2.75) is 12.3 Å². The number of carbonyl (C=O) groups excluding carboxylic acids is 1. The third-order valence-corrected chi connectivity index (χ3v) is 4.43. The first-order valence-corrected chi connectivity index (χ1v) is 8.04. The highest BCUT2D eigenvalue weighted by Crippen LogP contribution is 2.32. The number of anilines is 1. The van der Waals surface area contributed by atoms with Gasteiger partial charge in [0.05, 0.1) is 10.6 Å². The molecule has 6 heteroatoms. The number of amides is 1. The Morgan fingerprint density at radius 2 is 1.83 bits per heavy atom. The Balaban J connectivity index is 1.58. The molecule has 0 unspecified atom stereocenters. The summed E-state index contributed by atoms with van der Waals surface area (Å²) in [7, 11) is 0. The van der Waals surface area contributed by atoms with Gasteiger partial charge in [0.1, 0.15) is 0 Å². The molecule has 0 spiro atoms. The zero-order valence-electron chi connectivity index (χ0n) is 12.7. The summed E-state index contributed by atoms with van der Waals surface area (Å²) in [4.78, 5) is 18.5. The molecular weight excluding hydrogens is 326 g/mol. The summed E-state index contributed by atoms with van der Waals surface area (Å²) < 4.78 is 5.34. The maximum absolute atomic E-state index is 12.3. The van der Waals surface area contributed by atoms with E-state index in [9.17, 15) is 4.79 Å². The van der Waals surface area contributed by atoms with Gasteiger partial charge in [-0.05, 0) is 24.3 Å². The molecular formula is C18H14ClN3O2. The lowest BCUT2D eigenvalue weighted by atomic mass is 10.1. The Hall–Kier alpha value is -2.66. The Morgan fingerprint density at radius 3 is 2.62 bits per heavy atom. The number of rotatable bonds is 3. The van der Waals surface area contributed by atoms with Gasteiger partial charge in [0.2, 0.25) is 5.91 Å². The van der Waals surface area contributed by atoms with E-state index in [0.717, 1.165) is 5.69 Å². The average molecular weight is 340 g/mol. The normalized spacial score (nSPS) is 17.5. The van der Waals surface area contributed by atoms with Crippen LogP contribution in [0.4, 0.5) is 5.69 Å². The maximum atomic E-state index is 12.3. The monoisotopic (exact) mass is 339 g/mol. The third kappa shape index (κ3) is 2.67. The molecule has 4 rings (SSSR count). The molecule has 1 aliphatic heterocycles. The van der Waals surface area contributed by atoms with Gasteiger partial charge in [0.15, 0.2) is 5.82 Å². The summed E-state index contributed by atoms with van der Waals surface area (Å²) in [5.74, 6) is 0.894. The summed E-state index contributed by atoms with van der Waals surface area (Å²) in [5, 5.41) is 4.61. The van der Waals surface area contributed by atoms with Gasteiger partial charge in [-0.3, -0.25) is 4.79 Å². The molecule has 0 N–H and O–H groups in total. The number of hydrogen-bond donors (Lipinski definition) is 0. The Labute approximate surface area is 143 Å². The quantitative estimate of drug-likeness (QED) is 0.726. The van der Waals surface area contributed by atoms with Gasteiger partial charge < -0.3 is 9.42 Å². The van der Waals surface area contributed by atoms with Crippen LogP contribution in [0.15, 0.2) is 59.1 Å². The first-order valence-electron chi connectivity index (χ1n) is 7.66. The van der Waals surface area contributed by atoms with Gasteiger partial charge in [-0.15, -0.1) is 0 Å². The molecule has 1 aromatic heterocycles. The van der Waals surface area contributed by atoms with Crippen LogP contribution >= 0.6 is 11.6 Å². The minimum Gasteiger partial charge on any atom is -0.334 e. The fourth-order valence-electron chi connectivity index (χ4n) is 2.88. The number of halogens is 1. The van der Waals surface area contributed by atoms with E-state index in [0.29, 0.717) is 35.3 Å². The third-order valence-electron chi connectivity index (χ3n) is 4.10. The van der Waals surface area contributed by atoms with Crippen LogP contribution in [0.5, 0.6) is 0 Å². The smallest absolute Gasteiger partial charge is 0.259 e. The van der Waals surface area contributed by atoms with E-state index in [4.69, 9.17) is 16.1 Å². The zero-order valence-corrected chi connectivity index (χ0v) is 13.5. The van der Waals surface area contributed by atoms with Crippen LogP contribution in [-0.4, -0.2) is 22.6 Å². The van der Waals surface area contributed by atoms with Crippen LogP contribution in [0, 0.1) is 0 Å². The second kappa shape index (κ2) is 6.09. The average Bonchev–Trinajstić information content (AvgIpc) is 3.23. The number of carbonyl (C=O) groups is 1. The highest BCUT2D eigenvalue weighted by atomic mass is 35.5. The molecule has 5 nitrogen and oxygen atoms in total. The van der Waals surface area contributed by atoms with Crippen molar-refractivity contribution in [1.29, 1.82) is 0 Å². The van der Waals surface area contributed by atoms with Crippen molar-refractivity contribution in [2.24, 2.45) is 0 Å². The van der Waals surface area contributed by atoms with Crippen LogP contribution in [0.1, 0.15) is 18.2 Å². The van der Waals surface area contributed by atoms with E-state index in [2.05, 4.69) is 10.1 Å². The molecule has 24 heavy (non-hydrogen) atoms.